The third kappa shape index (κ3) is 10.8. The van der Waals surface area contributed by atoms with E-state index in [1.165, 1.54) is 38.5 Å². The highest BCUT2D eigenvalue weighted by Crippen LogP contribution is 2.07. The van der Waals surface area contributed by atoms with Gasteiger partial charge in [-0.2, -0.15) is 0 Å². The summed E-state index contributed by atoms with van der Waals surface area (Å²) in [5.41, 5.74) is 5.11. The molecule has 4 nitrogen and oxygen atoms in total. The van der Waals surface area contributed by atoms with Crippen molar-refractivity contribution in [2.75, 3.05) is 13.1 Å². The number of nitrogens with two attached hydrogens (primary N) is 1. The van der Waals surface area contributed by atoms with Crippen LogP contribution in [0.5, 0.6) is 0 Å². The highest BCUT2D eigenvalue weighted by Gasteiger charge is 2.13. The number of rotatable bonds is 13. The average molecular weight is 284 g/mol. The van der Waals surface area contributed by atoms with E-state index in [0.29, 0.717) is 0 Å². The van der Waals surface area contributed by atoms with E-state index in [2.05, 4.69) is 13.8 Å². The van der Waals surface area contributed by atoms with Gasteiger partial charge in [-0.25, -0.2) is 0 Å². The molecular weight excluding hydrogens is 252 g/mol. The lowest BCUT2D eigenvalue weighted by molar-refractivity contribution is -0.133. The van der Waals surface area contributed by atoms with E-state index in [1.807, 2.05) is 4.90 Å². The van der Waals surface area contributed by atoms with E-state index >= 15 is 0 Å². The predicted octanol–water partition coefficient (Wildman–Crippen LogP) is 3.24. The summed E-state index contributed by atoms with van der Waals surface area (Å²) in [4.78, 5) is 24.8. The molecule has 0 aliphatic carbocycles. The lowest BCUT2D eigenvalue weighted by atomic mass is 10.1. The van der Waals surface area contributed by atoms with E-state index < -0.39 is 5.91 Å². The maximum absolute atomic E-state index is 12.1. The summed E-state index contributed by atoms with van der Waals surface area (Å²) in [6, 6.07) is 0. The summed E-state index contributed by atoms with van der Waals surface area (Å²) < 4.78 is 0. The number of amides is 2. The molecule has 0 rings (SSSR count). The molecule has 0 fully saturated rings. The Hall–Kier alpha value is -1.06. The molecule has 0 saturated heterocycles. The summed E-state index contributed by atoms with van der Waals surface area (Å²) in [5.74, 6) is -0.313. The summed E-state index contributed by atoms with van der Waals surface area (Å²) in [6.45, 7) is 6.01. The van der Waals surface area contributed by atoms with Crippen LogP contribution in [0.4, 0.5) is 0 Å². The molecule has 2 amide bonds. The number of unbranched alkanes of at least 4 members (excludes halogenated alkanes) is 6. The first-order valence-corrected chi connectivity index (χ1v) is 8.17. The molecule has 0 heterocycles. The van der Waals surface area contributed by atoms with Crippen molar-refractivity contribution in [2.45, 2.75) is 78.1 Å². The van der Waals surface area contributed by atoms with Crippen LogP contribution in [-0.4, -0.2) is 29.8 Å². The number of nitrogens with zero attached hydrogens (tertiary/aromatic N) is 1. The van der Waals surface area contributed by atoms with E-state index in [4.69, 9.17) is 5.73 Å². The van der Waals surface area contributed by atoms with Gasteiger partial charge < -0.3 is 10.6 Å². The maximum Gasteiger partial charge on any atom is 0.223 e. The summed E-state index contributed by atoms with van der Waals surface area (Å²) in [7, 11) is 0. The zero-order chi connectivity index (χ0) is 15.2. The number of carbonyl (C=O) groups excluding carboxylic acids is 2. The molecule has 0 aliphatic rings. The Morgan fingerprint density at radius 1 is 0.800 bits per heavy atom. The van der Waals surface area contributed by atoms with Gasteiger partial charge in [0.15, 0.2) is 0 Å². The van der Waals surface area contributed by atoms with Crippen molar-refractivity contribution in [3.63, 3.8) is 0 Å². The molecule has 2 N–H and O–H groups in total. The van der Waals surface area contributed by atoms with Crippen molar-refractivity contribution in [2.24, 2.45) is 5.73 Å². The molecule has 0 bridgehead atoms. The molecule has 0 spiro atoms. The van der Waals surface area contributed by atoms with E-state index in [0.717, 1.165) is 25.9 Å². The molecule has 0 aromatic carbocycles. The molecule has 4 heteroatoms. The van der Waals surface area contributed by atoms with Gasteiger partial charge >= 0.3 is 0 Å². The van der Waals surface area contributed by atoms with Gasteiger partial charge in [-0.15, -0.1) is 0 Å². The van der Waals surface area contributed by atoms with Crippen LogP contribution in [0.2, 0.25) is 0 Å². The second-order valence-corrected chi connectivity index (χ2v) is 5.47. The van der Waals surface area contributed by atoms with Crippen LogP contribution in [0.3, 0.4) is 0 Å². The molecule has 0 aromatic rings. The molecule has 0 radical (unpaired) electrons. The quantitative estimate of drug-likeness (QED) is 0.528. The molecule has 0 saturated carbocycles. The number of carbonyl (C=O) groups is 2. The summed E-state index contributed by atoms with van der Waals surface area (Å²) in [6.07, 6.45) is 9.73. The zero-order valence-electron chi connectivity index (χ0n) is 13.3. The van der Waals surface area contributed by atoms with Crippen LogP contribution in [0, 0.1) is 0 Å². The normalized spacial score (nSPS) is 10.5. The molecule has 118 valence electrons. The van der Waals surface area contributed by atoms with Crippen molar-refractivity contribution >= 4 is 11.8 Å². The third-order valence-corrected chi connectivity index (χ3v) is 3.50. The van der Waals surface area contributed by atoms with Crippen LogP contribution in [0.25, 0.3) is 0 Å². The minimum absolute atomic E-state index is 0.0804. The molecule has 0 unspecified atom stereocenters. The first-order valence-electron chi connectivity index (χ1n) is 8.17. The smallest absolute Gasteiger partial charge is 0.223 e. The van der Waals surface area contributed by atoms with Crippen molar-refractivity contribution in [3.05, 3.63) is 0 Å². The fourth-order valence-corrected chi connectivity index (χ4v) is 2.21. The fourth-order valence-electron chi connectivity index (χ4n) is 2.21. The SMILES string of the molecule is CCCCCCN(CCCCCC)C(=O)CCC(N)=O. The Kier molecular flexibility index (Phi) is 12.3. The summed E-state index contributed by atoms with van der Waals surface area (Å²) in [5, 5.41) is 0. The van der Waals surface area contributed by atoms with E-state index in [9.17, 15) is 9.59 Å². The minimum Gasteiger partial charge on any atom is -0.370 e. The fraction of sp³-hybridized carbons (Fsp3) is 0.875. The van der Waals surface area contributed by atoms with Crippen molar-refractivity contribution in [1.82, 2.24) is 4.90 Å². The largest absolute Gasteiger partial charge is 0.370 e. The highest BCUT2D eigenvalue weighted by atomic mass is 16.2. The number of hydrogen-bond acceptors (Lipinski definition) is 2. The Labute approximate surface area is 124 Å². The van der Waals surface area contributed by atoms with Crippen LogP contribution in [-0.2, 0) is 9.59 Å². The first-order chi connectivity index (χ1) is 9.61. The molecule has 0 atom stereocenters. The van der Waals surface area contributed by atoms with Crippen LogP contribution < -0.4 is 5.73 Å². The van der Waals surface area contributed by atoms with Gasteiger partial charge in [-0.1, -0.05) is 52.4 Å². The lowest BCUT2D eigenvalue weighted by Crippen LogP contribution is -2.33. The number of hydrogen-bond donors (Lipinski definition) is 1. The van der Waals surface area contributed by atoms with Crippen molar-refractivity contribution in [1.29, 1.82) is 0 Å². The van der Waals surface area contributed by atoms with Crippen LogP contribution in [0.1, 0.15) is 78.1 Å². The average Bonchev–Trinajstić information content (AvgIpc) is 2.43. The third-order valence-electron chi connectivity index (χ3n) is 3.50. The van der Waals surface area contributed by atoms with Gasteiger partial charge in [0.25, 0.3) is 0 Å². The standard InChI is InChI=1S/C16H32N2O2/c1-3-5-7-9-13-18(14-10-8-6-4-2)16(20)12-11-15(17)19/h3-14H2,1-2H3,(H2,17,19). The van der Waals surface area contributed by atoms with Crippen molar-refractivity contribution < 1.29 is 9.59 Å². The Bertz CT molecular complexity index is 255. The van der Waals surface area contributed by atoms with E-state index in [1.54, 1.807) is 0 Å². The van der Waals surface area contributed by atoms with Gasteiger partial charge in [0.1, 0.15) is 0 Å². The van der Waals surface area contributed by atoms with Gasteiger partial charge in [0, 0.05) is 25.9 Å². The topological polar surface area (TPSA) is 63.4 Å². The number of primary amides is 1. The molecule has 0 aromatic heterocycles. The molecular formula is C16H32N2O2. The van der Waals surface area contributed by atoms with Crippen LogP contribution in [0.15, 0.2) is 0 Å². The van der Waals surface area contributed by atoms with Gasteiger partial charge in [-0.05, 0) is 12.8 Å². The monoisotopic (exact) mass is 284 g/mol. The van der Waals surface area contributed by atoms with Gasteiger partial charge in [-0.3, -0.25) is 9.59 Å². The van der Waals surface area contributed by atoms with Gasteiger partial charge in [0.05, 0.1) is 0 Å². The molecule has 0 aliphatic heterocycles. The first kappa shape index (κ1) is 18.9. The zero-order valence-corrected chi connectivity index (χ0v) is 13.3. The Balaban J connectivity index is 4.07. The van der Waals surface area contributed by atoms with Crippen molar-refractivity contribution in [3.8, 4) is 0 Å². The predicted molar refractivity (Wildman–Crippen MR) is 83.3 cm³/mol. The van der Waals surface area contributed by atoms with E-state index in [-0.39, 0.29) is 18.7 Å². The lowest BCUT2D eigenvalue weighted by Gasteiger charge is -2.22. The second kappa shape index (κ2) is 12.9. The molecule has 20 heavy (non-hydrogen) atoms. The van der Waals surface area contributed by atoms with Gasteiger partial charge in [0.2, 0.25) is 11.8 Å². The highest BCUT2D eigenvalue weighted by molar-refractivity contribution is 5.82. The second-order valence-electron chi connectivity index (χ2n) is 5.47. The Morgan fingerprint density at radius 3 is 1.70 bits per heavy atom. The minimum atomic E-state index is -0.393. The maximum atomic E-state index is 12.1. The van der Waals surface area contributed by atoms with Crippen LogP contribution >= 0.6 is 0 Å². The Morgan fingerprint density at radius 2 is 1.30 bits per heavy atom. The summed E-state index contributed by atoms with van der Waals surface area (Å²) >= 11 is 0.